The van der Waals surface area contributed by atoms with Gasteiger partial charge in [-0.2, -0.15) is 0 Å². The highest BCUT2D eigenvalue weighted by atomic mass is 16.6. The first-order valence-electron chi connectivity index (χ1n) is 4.90. The zero-order valence-corrected chi connectivity index (χ0v) is 7.71. The molecule has 2 aliphatic carbocycles. The molecule has 0 N–H and O–H groups in total. The summed E-state index contributed by atoms with van der Waals surface area (Å²) in [6, 6.07) is 0. The van der Waals surface area contributed by atoms with Crippen molar-refractivity contribution >= 4 is 11.9 Å². The number of allylic oxidation sites excluding steroid dienone is 3. The van der Waals surface area contributed by atoms with Crippen molar-refractivity contribution < 1.29 is 14.3 Å². The molecule has 3 nitrogen and oxygen atoms in total. The molecule has 0 unspecified atom stereocenters. The summed E-state index contributed by atoms with van der Waals surface area (Å²) in [6.07, 6.45) is 7.59. The van der Waals surface area contributed by atoms with Crippen LogP contribution in [0.15, 0.2) is 23.3 Å². The normalized spacial score (nSPS) is 27.7. The molecule has 14 heavy (non-hydrogen) atoms. The monoisotopic (exact) mass is 190 g/mol. The van der Waals surface area contributed by atoms with Crippen LogP contribution in [-0.4, -0.2) is 11.9 Å². The Hall–Kier alpha value is -1.38. The van der Waals surface area contributed by atoms with E-state index in [4.69, 9.17) is 0 Å². The maximum absolute atomic E-state index is 11.3. The summed E-state index contributed by atoms with van der Waals surface area (Å²) in [5.41, 5.74) is 1.58. The van der Waals surface area contributed by atoms with Crippen molar-refractivity contribution in [3.05, 3.63) is 23.3 Å². The predicted molar refractivity (Wildman–Crippen MR) is 48.2 cm³/mol. The average molecular weight is 190 g/mol. The van der Waals surface area contributed by atoms with Crippen LogP contribution in [0.4, 0.5) is 0 Å². The molecular weight excluding hydrogens is 180 g/mol. The minimum absolute atomic E-state index is 0.378. The highest BCUT2D eigenvalue weighted by Gasteiger charge is 2.57. The minimum atomic E-state index is -0.927. The van der Waals surface area contributed by atoms with Crippen LogP contribution in [-0.2, 0) is 14.3 Å². The summed E-state index contributed by atoms with van der Waals surface area (Å²) in [4.78, 5) is 22.6. The second kappa shape index (κ2) is 2.35. The third kappa shape index (κ3) is 0.775. The first-order chi connectivity index (χ1) is 6.72. The Bertz CT molecular complexity index is 387. The molecule has 0 aromatic carbocycles. The van der Waals surface area contributed by atoms with Gasteiger partial charge in [-0.25, -0.2) is 9.59 Å². The zero-order valence-electron chi connectivity index (χ0n) is 7.71. The van der Waals surface area contributed by atoms with Crippen LogP contribution in [0.3, 0.4) is 0 Å². The van der Waals surface area contributed by atoms with E-state index in [0.717, 1.165) is 19.3 Å². The summed E-state index contributed by atoms with van der Waals surface area (Å²) in [7, 11) is 0. The molecular formula is C11H10O3. The van der Waals surface area contributed by atoms with Crippen molar-refractivity contribution in [3.63, 3.8) is 0 Å². The number of cyclic esters (lactones) is 2. The molecule has 1 saturated heterocycles. The Morgan fingerprint density at radius 3 is 2.57 bits per heavy atom. The van der Waals surface area contributed by atoms with Gasteiger partial charge in [0.15, 0.2) is 5.41 Å². The van der Waals surface area contributed by atoms with Crippen molar-refractivity contribution in [1.29, 1.82) is 0 Å². The van der Waals surface area contributed by atoms with E-state index in [1.54, 1.807) is 0 Å². The van der Waals surface area contributed by atoms with Crippen LogP contribution >= 0.6 is 0 Å². The fourth-order valence-corrected chi connectivity index (χ4v) is 2.42. The number of hydrogen-bond acceptors (Lipinski definition) is 3. The molecule has 72 valence electrons. The van der Waals surface area contributed by atoms with E-state index < -0.39 is 5.41 Å². The molecule has 0 radical (unpaired) electrons. The van der Waals surface area contributed by atoms with Gasteiger partial charge in [0, 0.05) is 0 Å². The van der Waals surface area contributed by atoms with E-state index in [9.17, 15) is 9.59 Å². The lowest BCUT2D eigenvalue weighted by Gasteiger charge is -2.35. The maximum Gasteiger partial charge on any atom is 0.335 e. The number of rotatable bonds is 0. The highest BCUT2D eigenvalue weighted by molar-refractivity contribution is 6.16. The topological polar surface area (TPSA) is 43.4 Å². The molecule has 2 fully saturated rings. The Balaban J connectivity index is 2.04. The van der Waals surface area contributed by atoms with Crippen molar-refractivity contribution in [1.82, 2.24) is 0 Å². The number of fused-ring (bicyclic) bond motifs is 1. The average Bonchev–Trinajstić information content (AvgIpc) is 2.64. The van der Waals surface area contributed by atoms with Crippen LogP contribution in [0.2, 0.25) is 0 Å². The molecule has 0 bridgehead atoms. The fourth-order valence-electron chi connectivity index (χ4n) is 2.42. The van der Waals surface area contributed by atoms with Gasteiger partial charge in [0.1, 0.15) is 0 Å². The van der Waals surface area contributed by atoms with E-state index in [2.05, 4.69) is 4.74 Å². The molecule has 3 heteroatoms. The Morgan fingerprint density at radius 2 is 1.86 bits per heavy atom. The second-order valence-electron chi connectivity index (χ2n) is 4.10. The lowest BCUT2D eigenvalue weighted by Crippen LogP contribution is -2.52. The molecule has 0 amide bonds. The van der Waals surface area contributed by atoms with Crippen molar-refractivity contribution in [2.45, 2.75) is 25.7 Å². The molecule has 1 saturated carbocycles. The number of esters is 2. The van der Waals surface area contributed by atoms with Gasteiger partial charge >= 0.3 is 11.9 Å². The van der Waals surface area contributed by atoms with Crippen molar-refractivity contribution in [3.8, 4) is 0 Å². The second-order valence-corrected chi connectivity index (χ2v) is 4.10. The van der Waals surface area contributed by atoms with Crippen molar-refractivity contribution in [2.75, 3.05) is 0 Å². The SMILES string of the molecule is O=C1OC(=O)C12C=C1CCCC1=CC2. The standard InChI is InChI=1S/C11H10O3/c12-9-11(10(13)14-9)5-4-7-2-1-3-8(7)6-11/h4,6H,1-3,5H2. The number of carbonyl (C=O) groups excluding carboxylic acids is 2. The van der Waals surface area contributed by atoms with Gasteiger partial charge in [-0.05, 0) is 36.8 Å². The molecule has 0 aromatic heterocycles. The number of hydrogen-bond donors (Lipinski definition) is 0. The van der Waals surface area contributed by atoms with E-state index in [-0.39, 0.29) is 11.9 Å². The highest BCUT2D eigenvalue weighted by Crippen LogP contribution is 2.46. The van der Waals surface area contributed by atoms with Crippen LogP contribution in [0, 0.1) is 5.41 Å². The van der Waals surface area contributed by atoms with Crippen LogP contribution in [0.25, 0.3) is 0 Å². The van der Waals surface area contributed by atoms with E-state index in [0.29, 0.717) is 6.42 Å². The number of carbonyl (C=O) groups is 2. The van der Waals surface area contributed by atoms with Crippen LogP contribution < -0.4 is 0 Å². The summed E-state index contributed by atoms with van der Waals surface area (Å²) in [5, 5.41) is 0. The van der Waals surface area contributed by atoms with Crippen molar-refractivity contribution in [2.24, 2.45) is 5.41 Å². The first kappa shape index (κ1) is 7.97. The quantitative estimate of drug-likeness (QED) is 0.429. The fraction of sp³-hybridized carbons (Fsp3) is 0.455. The van der Waals surface area contributed by atoms with Gasteiger partial charge in [0.05, 0.1) is 0 Å². The zero-order chi connectivity index (χ0) is 9.76. The molecule has 0 aromatic rings. The lowest BCUT2D eigenvalue weighted by atomic mass is 9.75. The summed E-state index contributed by atoms with van der Waals surface area (Å²) >= 11 is 0. The third-order valence-corrected chi connectivity index (χ3v) is 3.31. The van der Waals surface area contributed by atoms with E-state index in [1.807, 2.05) is 12.2 Å². The van der Waals surface area contributed by atoms with Gasteiger partial charge in [0.25, 0.3) is 0 Å². The Labute approximate surface area is 81.4 Å². The summed E-state index contributed by atoms with van der Waals surface area (Å²) in [5.74, 6) is -0.755. The lowest BCUT2D eigenvalue weighted by molar-refractivity contribution is -0.191. The van der Waals surface area contributed by atoms with Gasteiger partial charge in [-0.3, -0.25) is 0 Å². The summed E-state index contributed by atoms with van der Waals surface area (Å²) in [6.45, 7) is 0. The predicted octanol–water partition coefficient (Wildman–Crippen LogP) is 1.50. The smallest absolute Gasteiger partial charge is 0.335 e. The molecule has 3 aliphatic rings. The minimum Gasteiger partial charge on any atom is -0.391 e. The molecule has 1 heterocycles. The third-order valence-electron chi connectivity index (χ3n) is 3.31. The van der Waals surface area contributed by atoms with Crippen LogP contribution in [0.5, 0.6) is 0 Å². The van der Waals surface area contributed by atoms with Gasteiger partial charge in [-0.1, -0.05) is 12.2 Å². The maximum atomic E-state index is 11.3. The molecule has 3 rings (SSSR count). The number of ether oxygens (including phenoxy) is 1. The first-order valence-corrected chi connectivity index (χ1v) is 4.90. The Kier molecular flexibility index (Phi) is 1.34. The van der Waals surface area contributed by atoms with E-state index in [1.165, 1.54) is 11.1 Å². The van der Waals surface area contributed by atoms with Gasteiger partial charge in [0.2, 0.25) is 0 Å². The molecule has 0 atom stereocenters. The molecule has 1 spiro atoms. The molecule has 1 aliphatic heterocycles. The van der Waals surface area contributed by atoms with Gasteiger partial charge in [-0.15, -0.1) is 0 Å². The van der Waals surface area contributed by atoms with Gasteiger partial charge < -0.3 is 4.74 Å². The van der Waals surface area contributed by atoms with E-state index >= 15 is 0 Å². The largest absolute Gasteiger partial charge is 0.391 e. The summed E-state index contributed by atoms with van der Waals surface area (Å²) < 4.78 is 4.43. The Morgan fingerprint density at radius 1 is 1.14 bits per heavy atom. The van der Waals surface area contributed by atoms with Crippen LogP contribution in [0.1, 0.15) is 25.7 Å².